The Morgan fingerprint density at radius 3 is 2.21 bits per heavy atom. The van der Waals surface area contributed by atoms with Crippen molar-refractivity contribution in [2.75, 3.05) is 0 Å². The molecule has 2 aromatic rings. The van der Waals surface area contributed by atoms with Gasteiger partial charge in [-0.3, -0.25) is 4.98 Å². The predicted octanol–water partition coefficient (Wildman–Crippen LogP) is 5.36. The van der Waals surface area contributed by atoms with E-state index in [2.05, 4.69) is 17.0 Å². The van der Waals surface area contributed by atoms with Crippen LogP contribution >= 0.6 is 11.3 Å². The number of aromatic nitrogens is 1. The van der Waals surface area contributed by atoms with Crippen LogP contribution in [-0.4, -0.2) is 4.98 Å². The molecule has 0 unspecified atom stereocenters. The third kappa shape index (κ3) is 10.2. The summed E-state index contributed by atoms with van der Waals surface area (Å²) in [5, 5.41) is 0.736. The van der Waals surface area contributed by atoms with Crippen LogP contribution in [0.1, 0.15) is 46.6 Å². The maximum atomic E-state index is 5.20. The van der Waals surface area contributed by atoms with E-state index in [1.165, 1.54) is 11.3 Å². The third-order valence-electron chi connectivity index (χ3n) is 1.36. The molecule has 0 spiro atoms. The van der Waals surface area contributed by atoms with Crippen molar-refractivity contribution in [2.24, 2.45) is 0 Å². The van der Waals surface area contributed by atoms with Crippen molar-refractivity contribution < 1.29 is 32.7 Å². The van der Waals surface area contributed by atoms with E-state index < -0.39 is 0 Å². The summed E-state index contributed by atoms with van der Waals surface area (Å²) in [6, 6.07) is 8.62. The monoisotopic (exact) mass is 350 g/mol. The number of hydrogen-bond acceptors (Lipinski definition) is 2. The summed E-state index contributed by atoms with van der Waals surface area (Å²) in [4.78, 5) is 4.19. The SMILES string of the molecule is C#Cc1nc2cc[c-]cc2s1.CC.CC.C[CH-]C.[Y]. The van der Waals surface area contributed by atoms with E-state index in [0.29, 0.717) is 0 Å². The van der Waals surface area contributed by atoms with Crippen molar-refractivity contribution in [3.8, 4) is 12.3 Å². The van der Waals surface area contributed by atoms with Crippen LogP contribution in [0.4, 0.5) is 0 Å². The van der Waals surface area contributed by atoms with Crippen molar-refractivity contribution in [3.63, 3.8) is 0 Å². The second kappa shape index (κ2) is 17.8. The Labute approximate surface area is 148 Å². The van der Waals surface area contributed by atoms with Crippen LogP contribution in [0, 0.1) is 24.8 Å². The summed E-state index contributed by atoms with van der Waals surface area (Å²) in [6.07, 6.45) is 7.20. The Kier molecular flexibility index (Phi) is 22.3. The summed E-state index contributed by atoms with van der Waals surface area (Å²) in [6.45, 7) is 12.0. The number of rotatable bonds is 0. The van der Waals surface area contributed by atoms with Gasteiger partial charge >= 0.3 is 0 Å². The van der Waals surface area contributed by atoms with Gasteiger partial charge in [0, 0.05) is 32.7 Å². The first-order valence-electron chi connectivity index (χ1n) is 6.29. The Morgan fingerprint density at radius 1 is 1.26 bits per heavy atom. The molecule has 0 aliphatic rings. The molecule has 1 radical (unpaired) electrons. The average Bonchev–Trinajstić information content (AvgIpc) is 2.87. The topological polar surface area (TPSA) is 12.9 Å². The zero-order valence-electron chi connectivity index (χ0n) is 12.8. The number of thiazole rings is 1. The van der Waals surface area contributed by atoms with Gasteiger partial charge in [-0.25, -0.2) is 0 Å². The van der Waals surface area contributed by atoms with Gasteiger partial charge in [0.2, 0.25) is 0 Å². The molecule has 3 heteroatoms. The maximum Gasteiger partial charge on any atom is 0.153 e. The van der Waals surface area contributed by atoms with Crippen LogP contribution in [0.5, 0.6) is 0 Å². The van der Waals surface area contributed by atoms with Crippen molar-refractivity contribution >= 4 is 21.6 Å². The van der Waals surface area contributed by atoms with Crippen LogP contribution in [0.2, 0.25) is 0 Å². The molecule has 1 aromatic heterocycles. The molecule has 1 nitrogen and oxygen atoms in total. The summed E-state index contributed by atoms with van der Waals surface area (Å²) >= 11 is 1.52. The molecule has 0 saturated heterocycles. The van der Waals surface area contributed by atoms with Gasteiger partial charge in [0.05, 0.1) is 0 Å². The molecule has 19 heavy (non-hydrogen) atoms. The Morgan fingerprint density at radius 2 is 1.79 bits per heavy atom. The number of benzene rings is 1. The second-order valence-electron chi connectivity index (χ2n) is 2.63. The van der Waals surface area contributed by atoms with Crippen LogP contribution in [-0.2, 0) is 32.7 Å². The zero-order chi connectivity index (χ0) is 14.4. The molecule has 0 fully saturated rings. The van der Waals surface area contributed by atoms with Gasteiger partial charge in [0.25, 0.3) is 0 Å². The molecule has 0 amide bonds. The molecule has 1 heterocycles. The minimum Gasteiger partial charge on any atom is -0.335 e. The Balaban J connectivity index is -0.000000279. The van der Waals surface area contributed by atoms with Gasteiger partial charge in [0.15, 0.2) is 5.01 Å². The first kappa shape index (κ1) is 23.8. The molecule has 1 aromatic carbocycles. The quantitative estimate of drug-likeness (QED) is 0.460. The van der Waals surface area contributed by atoms with E-state index in [-0.39, 0.29) is 32.7 Å². The molecule has 0 aliphatic carbocycles. The van der Waals surface area contributed by atoms with Crippen molar-refractivity contribution in [2.45, 2.75) is 41.5 Å². The first-order chi connectivity index (χ1) is 8.81. The van der Waals surface area contributed by atoms with Crippen LogP contribution in [0.25, 0.3) is 10.2 Å². The van der Waals surface area contributed by atoms with Crippen LogP contribution in [0.3, 0.4) is 0 Å². The minimum absolute atomic E-state index is 0. The van der Waals surface area contributed by atoms with E-state index in [9.17, 15) is 0 Å². The van der Waals surface area contributed by atoms with E-state index in [4.69, 9.17) is 6.42 Å². The molecule has 0 N–H and O–H groups in total. The molecule has 0 atom stereocenters. The Bertz CT molecular complexity index is 410. The van der Waals surface area contributed by atoms with Crippen LogP contribution in [0.15, 0.2) is 18.2 Å². The third-order valence-corrected chi connectivity index (χ3v) is 2.31. The van der Waals surface area contributed by atoms with Crippen molar-refractivity contribution in [1.82, 2.24) is 4.98 Å². The molecular formula is C16H23NSY-2. The zero-order valence-corrected chi connectivity index (χ0v) is 16.5. The standard InChI is InChI=1S/C9H4NS.C3H7.2C2H6.Y/c1-2-9-10-7-5-3-4-6-8(7)11-9;1-3-2;2*1-2;/h1,3,5-6H;3H,1-2H3;2*1-2H3;/q2*-1;;;. The summed E-state index contributed by atoms with van der Waals surface area (Å²) < 4.78 is 1.10. The molecule has 2 rings (SSSR count). The van der Waals surface area contributed by atoms with Gasteiger partial charge in [-0.1, -0.05) is 32.4 Å². The minimum atomic E-state index is 0. The number of fused-ring (bicyclic) bond motifs is 1. The van der Waals surface area contributed by atoms with Gasteiger partial charge < -0.3 is 6.42 Å². The summed E-state index contributed by atoms with van der Waals surface area (Å²) in [5.41, 5.74) is 0.960. The van der Waals surface area contributed by atoms with Gasteiger partial charge in [-0.15, -0.1) is 12.5 Å². The Hall–Kier alpha value is -0.226. The predicted molar refractivity (Wildman–Crippen MR) is 84.7 cm³/mol. The summed E-state index contributed by atoms with van der Waals surface area (Å²) in [7, 11) is 0. The smallest absolute Gasteiger partial charge is 0.153 e. The molecule has 0 bridgehead atoms. The van der Waals surface area contributed by atoms with Crippen LogP contribution < -0.4 is 0 Å². The number of hydrogen-bond donors (Lipinski definition) is 0. The van der Waals surface area contributed by atoms with E-state index in [1.807, 2.05) is 66.2 Å². The largest absolute Gasteiger partial charge is 0.335 e. The van der Waals surface area contributed by atoms with E-state index in [1.54, 1.807) is 0 Å². The fourth-order valence-corrected chi connectivity index (χ4v) is 1.64. The normalized spacial score (nSPS) is 7.21. The molecular weight excluding hydrogens is 327 g/mol. The van der Waals surface area contributed by atoms with Gasteiger partial charge in [-0.2, -0.15) is 43.4 Å². The maximum absolute atomic E-state index is 5.20. The number of nitrogens with zero attached hydrogens (tertiary/aromatic N) is 1. The van der Waals surface area contributed by atoms with E-state index in [0.717, 1.165) is 15.2 Å². The van der Waals surface area contributed by atoms with E-state index >= 15 is 0 Å². The van der Waals surface area contributed by atoms with Crippen molar-refractivity contribution in [3.05, 3.63) is 35.7 Å². The fraction of sp³-hybridized carbons (Fsp3) is 0.375. The fourth-order valence-electron chi connectivity index (χ4n) is 0.879. The first-order valence-corrected chi connectivity index (χ1v) is 7.10. The molecule has 0 saturated carbocycles. The summed E-state index contributed by atoms with van der Waals surface area (Å²) in [5.74, 6) is 2.51. The average molecular weight is 350 g/mol. The second-order valence-corrected chi connectivity index (χ2v) is 3.67. The van der Waals surface area contributed by atoms with Crippen molar-refractivity contribution in [1.29, 1.82) is 0 Å². The number of terminal acetylenes is 1. The van der Waals surface area contributed by atoms with Gasteiger partial charge in [-0.05, 0) is 11.4 Å². The van der Waals surface area contributed by atoms with Gasteiger partial charge in [0.1, 0.15) is 0 Å². The molecule has 103 valence electrons. The molecule has 0 aliphatic heterocycles.